The summed E-state index contributed by atoms with van der Waals surface area (Å²) in [6.07, 6.45) is 2.28. The summed E-state index contributed by atoms with van der Waals surface area (Å²) >= 11 is 0. The quantitative estimate of drug-likeness (QED) is 0.804. The molecule has 0 radical (unpaired) electrons. The van der Waals surface area contributed by atoms with Crippen molar-refractivity contribution in [2.75, 3.05) is 20.3 Å². The SMILES string of the molecule is COC1(c2noc(C3CC3C#N)n2)CCOCC1. The Morgan fingerprint density at radius 3 is 2.83 bits per heavy atom. The van der Waals surface area contributed by atoms with Crippen LogP contribution in [0.3, 0.4) is 0 Å². The number of hydrogen-bond acceptors (Lipinski definition) is 6. The van der Waals surface area contributed by atoms with E-state index in [-0.39, 0.29) is 11.8 Å². The lowest BCUT2D eigenvalue weighted by atomic mass is 9.93. The molecular weight excluding hydrogens is 234 g/mol. The van der Waals surface area contributed by atoms with Gasteiger partial charge >= 0.3 is 0 Å². The number of nitriles is 1. The number of hydrogen-bond donors (Lipinski definition) is 0. The van der Waals surface area contributed by atoms with Gasteiger partial charge in [-0.2, -0.15) is 10.2 Å². The van der Waals surface area contributed by atoms with Gasteiger partial charge in [0.25, 0.3) is 0 Å². The molecule has 1 aliphatic carbocycles. The highest BCUT2D eigenvalue weighted by molar-refractivity contribution is 5.16. The van der Waals surface area contributed by atoms with Crippen molar-refractivity contribution >= 4 is 0 Å². The molecule has 1 aliphatic heterocycles. The molecule has 0 amide bonds. The van der Waals surface area contributed by atoms with E-state index in [1.54, 1.807) is 7.11 Å². The van der Waals surface area contributed by atoms with Gasteiger partial charge in [-0.05, 0) is 6.42 Å². The Labute approximate surface area is 105 Å². The molecule has 2 fully saturated rings. The van der Waals surface area contributed by atoms with Crippen LogP contribution in [-0.4, -0.2) is 30.5 Å². The summed E-state index contributed by atoms with van der Waals surface area (Å²) < 4.78 is 16.2. The molecule has 1 aromatic rings. The summed E-state index contributed by atoms with van der Waals surface area (Å²) in [6, 6.07) is 2.22. The second-order valence-electron chi connectivity index (χ2n) is 4.84. The van der Waals surface area contributed by atoms with Crippen molar-refractivity contribution in [3.8, 4) is 6.07 Å². The second-order valence-corrected chi connectivity index (χ2v) is 4.84. The smallest absolute Gasteiger partial charge is 0.231 e. The molecule has 1 saturated carbocycles. The highest BCUT2D eigenvalue weighted by Crippen LogP contribution is 2.46. The van der Waals surface area contributed by atoms with Crippen LogP contribution in [0.15, 0.2) is 4.52 Å². The first kappa shape index (κ1) is 11.6. The van der Waals surface area contributed by atoms with E-state index < -0.39 is 5.60 Å². The summed E-state index contributed by atoms with van der Waals surface area (Å²) in [4.78, 5) is 4.43. The maximum atomic E-state index is 8.81. The zero-order chi connectivity index (χ0) is 12.6. The van der Waals surface area contributed by atoms with E-state index >= 15 is 0 Å². The van der Waals surface area contributed by atoms with E-state index in [9.17, 15) is 0 Å². The average molecular weight is 249 g/mol. The number of methoxy groups -OCH3 is 1. The maximum Gasteiger partial charge on any atom is 0.231 e. The van der Waals surface area contributed by atoms with Crippen LogP contribution in [0.1, 0.15) is 36.9 Å². The summed E-state index contributed by atoms with van der Waals surface area (Å²) in [7, 11) is 1.66. The van der Waals surface area contributed by atoms with Crippen molar-refractivity contribution in [2.24, 2.45) is 5.92 Å². The minimum absolute atomic E-state index is 0.0338. The molecule has 1 saturated heterocycles. The Kier molecular flexibility index (Phi) is 2.80. The van der Waals surface area contributed by atoms with Crippen molar-refractivity contribution in [1.29, 1.82) is 5.26 Å². The van der Waals surface area contributed by atoms with Crippen LogP contribution in [0.25, 0.3) is 0 Å². The third-order valence-electron chi connectivity index (χ3n) is 3.81. The van der Waals surface area contributed by atoms with E-state index in [1.165, 1.54) is 0 Å². The first-order valence-corrected chi connectivity index (χ1v) is 6.16. The van der Waals surface area contributed by atoms with Gasteiger partial charge in [0.2, 0.25) is 11.7 Å². The minimum atomic E-state index is -0.489. The van der Waals surface area contributed by atoms with Crippen molar-refractivity contribution in [3.05, 3.63) is 11.7 Å². The van der Waals surface area contributed by atoms with E-state index in [0.29, 0.717) is 24.9 Å². The normalized spacial score (nSPS) is 29.8. The molecule has 0 N–H and O–H groups in total. The molecule has 0 spiro atoms. The lowest BCUT2D eigenvalue weighted by Crippen LogP contribution is -2.36. The third-order valence-corrected chi connectivity index (χ3v) is 3.81. The highest BCUT2D eigenvalue weighted by Gasteiger charge is 2.45. The Balaban J connectivity index is 1.81. The van der Waals surface area contributed by atoms with Crippen LogP contribution in [0.5, 0.6) is 0 Å². The Bertz CT molecular complexity index is 473. The molecule has 2 unspecified atom stereocenters. The summed E-state index contributed by atoms with van der Waals surface area (Å²) in [5, 5.41) is 12.8. The van der Waals surface area contributed by atoms with Crippen molar-refractivity contribution < 1.29 is 14.0 Å². The predicted octanol–water partition coefficient (Wildman–Crippen LogP) is 1.35. The van der Waals surface area contributed by atoms with E-state index in [0.717, 1.165) is 19.3 Å². The molecule has 6 nitrogen and oxygen atoms in total. The van der Waals surface area contributed by atoms with Crippen LogP contribution < -0.4 is 0 Å². The van der Waals surface area contributed by atoms with Crippen molar-refractivity contribution in [2.45, 2.75) is 30.8 Å². The van der Waals surface area contributed by atoms with Gasteiger partial charge in [-0.3, -0.25) is 0 Å². The fraction of sp³-hybridized carbons (Fsp3) is 0.750. The molecular formula is C12H15N3O3. The minimum Gasteiger partial charge on any atom is -0.381 e. The molecule has 0 aromatic carbocycles. The fourth-order valence-electron chi connectivity index (χ4n) is 2.40. The maximum absolute atomic E-state index is 8.81. The Morgan fingerprint density at radius 1 is 1.44 bits per heavy atom. The molecule has 2 heterocycles. The Hall–Kier alpha value is -1.45. The van der Waals surface area contributed by atoms with E-state index in [2.05, 4.69) is 16.2 Å². The lowest BCUT2D eigenvalue weighted by molar-refractivity contribution is -0.101. The van der Waals surface area contributed by atoms with E-state index in [1.807, 2.05) is 0 Å². The first-order valence-electron chi connectivity index (χ1n) is 6.16. The second kappa shape index (κ2) is 4.34. The predicted molar refractivity (Wildman–Crippen MR) is 59.5 cm³/mol. The van der Waals surface area contributed by atoms with Crippen molar-refractivity contribution in [1.82, 2.24) is 10.1 Å². The summed E-state index contributed by atoms with van der Waals surface area (Å²) in [6.45, 7) is 1.28. The first-order chi connectivity index (χ1) is 8.79. The van der Waals surface area contributed by atoms with Gasteiger partial charge in [-0.25, -0.2) is 0 Å². The molecule has 0 bridgehead atoms. The largest absolute Gasteiger partial charge is 0.381 e. The highest BCUT2D eigenvalue weighted by atomic mass is 16.5. The van der Waals surface area contributed by atoms with Gasteiger partial charge in [0.05, 0.1) is 17.9 Å². The van der Waals surface area contributed by atoms with Crippen LogP contribution >= 0.6 is 0 Å². The standard InChI is InChI=1S/C12H15N3O3/c1-16-12(2-4-17-5-3-12)11-14-10(18-15-11)9-6-8(9)7-13/h8-9H,2-6H2,1H3. The van der Waals surface area contributed by atoms with Crippen molar-refractivity contribution in [3.63, 3.8) is 0 Å². The van der Waals surface area contributed by atoms with Gasteiger partial charge < -0.3 is 14.0 Å². The van der Waals surface area contributed by atoms with Gasteiger partial charge in [-0.1, -0.05) is 5.16 Å². The molecule has 1 aromatic heterocycles. The van der Waals surface area contributed by atoms with E-state index in [4.69, 9.17) is 19.3 Å². The van der Waals surface area contributed by atoms with Gasteiger partial charge in [0, 0.05) is 33.2 Å². The monoisotopic (exact) mass is 249 g/mol. The zero-order valence-electron chi connectivity index (χ0n) is 10.3. The van der Waals surface area contributed by atoms with Crippen LogP contribution in [0, 0.1) is 17.2 Å². The molecule has 2 atom stereocenters. The lowest BCUT2D eigenvalue weighted by Gasteiger charge is -2.32. The number of aromatic nitrogens is 2. The molecule has 6 heteroatoms. The summed E-state index contributed by atoms with van der Waals surface area (Å²) in [5.74, 6) is 1.31. The zero-order valence-corrected chi connectivity index (χ0v) is 10.3. The molecule has 2 aliphatic rings. The van der Waals surface area contributed by atoms with Crippen LogP contribution in [0.4, 0.5) is 0 Å². The van der Waals surface area contributed by atoms with Crippen LogP contribution in [0.2, 0.25) is 0 Å². The van der Waals surface area contributed by atoms with Crippen LogP contribution in [-0.2, 0) is 15.1 Å². The van der Waals surface area contributed by atoms with Gasteiger partial charge in [0.15, 0.2) is 0 Å². The van der Waals surface area contributed by atoms with Gasteiger partial charge in [0.1, 0.15) is 5.60 Å². The third kappa shape index (κ3) is 1.80. The number of ether oxygens (including phenoxy) is 2. The number of nitrogens with zero attached hydrogens (tertiary/aromatic N) is 3. The average Bonchev–Trinajstić information content (AvgIpc) is 3.06. The summed E-state index contributed by atoms with van der Waals surface area (Å²) in [5.41, 5.74) is -0.489. The molecule has 18 heavy (non-hydrogen) atoms. The topological polar surface area (TPSA) is 81.2 Å². The van der Waals surface area contributed by atoms with Gasteiger partial charge in [-0.15, -0.1) is 0 Å². The number of rotatable bonds is 3. The molecule has 96 valence electrons. The molecule has 3 rings (SSSR count). The fourth-order valence-corrected chi connectivity index (χ4v) is 2.40. The Morgan fingerprint density at radius 2 is 2.22 bits per heavy atom.